The standard InChI is InChI=1S/C20H29N3O4/c1-12(2)10-16(18(21)24)22-19(25)15-8-7-14(17-4-3-9-26-17)20(23-15)27-11-13-5-6-13/h7-8,12-13,16-17H,3-6,9-11H2,1-2H3,(H2,21,24)(H,22,25). The molecule has 148 valence electrons. The Hall–Kier alpha value is -2.15. The number of primary amides is 1. The normalized spacial score (nSPS) is 20.5. The minimum Gasteiger partial charge on any atom is -0.477 e. The van der Waals surface area contributed by atoms with Crippen LogP contribution in [0.15, 0.2) is 12.1 Å². The Kier molecular flexibility index (Phi) is 6.31. The fraction of sp³-hybridized carbons (Fsp3) is 0.650. The van der Waals surface area contributed by atoms with E-state index in [1.165, 1.54) is 12.8 Å². The number of carbonyl (C=O) groups is 2. The monoisotopic (exact) mass is 375 g/mol. The summed E-state index contributed by atoms with van der Waals surface area (Å²) in [7, 11) is 0. The van der Waals surface area contributed by atoms with Crippen molar-refractivity contribution in [1.82, 2.24) is 10.3 Å². The van der Waals surface area contributed by atoms with E-state index in [2.05, 4.69) is 10.3 Å². The second kappa shape index (κ2) is 8.69. The zero-order valence-corrected chi connectivity index (χ0v) is 16.1. The summed E-state index contributed by atoms with van der Waals surface area (Å²) in [6.07, 6.45) is 4.72. The lowest BCUT2D eigenvalue weighted by molar-refractivity contribution is -0.120. The highest BCUT2D eigenvalue weighted by Crippen LogP contribution is 2.35. The van der Waals surface area contributed by atoms with Crippen LogP contribution >= 0.6 is 0 Å². The zero-order chi connectivity index (χ0) is 19.4. The molecule has 1 aliphatic carbocycles. The molecule has 2 atom stereocenters. The van der Waals surface area contributed by atoms with Crippen LogP contribution in [0.3, 0.4) is 0 Å². The summed E-state index contributed by atoms with van der Waals surface area (Å²) in [6.45, 7) is 5.28. The summed E-state index contributed by atoms with van der Waals surface area (Å²) in [5.41, 5.74) is 6.53. The number of hydrogen-bond acceptors (Lipinski definition) is 5. The van der Waals surface area contributed by atoms with Crippen LogP contribution in [0.4, 0.5) is 0 Å². The number of nitrogens with zero attached hydrogens (tertiary/aromatic N) is 1. The Morgan fingerprint density at radius 1 is 1.33 bits per heavy atom. The molecule has 1 aromatic rings. The molecule has 2 amide bonds. The molecule has 1 aromatic heterocycles. The third kappa shape index (κ3) is 5.42. The van der Waals surface area contributed by atoms with Crippen LogP contribution < -0.4 is 15.8 Å². The quantitative estimate of drug-likeness (QED) is 0.689. The van der Waals surface area contributed by atoms with Crippen molar-refractivity contribution in [2.45, 2.75) is 58.1 Å². The maximum atomic E-state index is 12.6. The molecule has 1 aliphatic heterocycles. The lowest BCUT2D eigenvalue weighted by Crippen LogP contribution is -2.45. The van der Waals surface area contributed by atoms with Crippen LogP contribution in [0.1, 0.15) is 68.1 Å². The van der Waals surface area contributed by atoms with Gasteiger partial charge in [0.05, 0.1) is 12.7 Å². The van der Waals surface area contributed by atoms with Crippen LogP contribution in [-0.4, -0.2) is 36.1 Å². The van der Waals surface area contributed by atoms with E-state index >= 15 is 0 Å². The van der Waals surface area contributed by atoms with Gasteiger partial charge in [-0.25, -0.2) is 4.98 Å². The number of hydrogen-bond donors (Lipinski definition) is 2. The Balaban J connectivity index is 1.76. The number of ether oxygens (including phenoxy) is 2. The van der Waals surface area contributed by atoms with Crippen molar-refractivity contribution < 1.29 is 19.1 Å². The topological polar surface area (TPSA) is 104 Å². The molecule has 0 bridgehead atoms. The molecule has 7 nitrogen and oxygen atoms in total. The molecule has 2 fully saturated rings. The van der Waals surface area contributed by atoms with Gasteiger partial charge in [0.25, 0.3) is 5.91 Å². The summed E-state index contributed by atoms with van der Waals surface area (Å²) >= 11 is 0. The molecule has 0 spiro atoms. The van der Waals surface area contributed by atoms with Gasteiger partial charge in [0.1, 0.15) is 11.7 Å². The number of amides is 2. The second-order valence-electron chi connectivity index (χ2n) is 7.90. The van der Waals surface area contributed by atoms with Crippen LogP contribution in [0.25, 0.3) is 0 Å². The number of nitrogens with two attached hydrogens (primary N) is 1. The molecule has 2 aliphatic rings. The van der Waals surface area contributed by atoms with Gasteiger partial charge in [-0.2, -0.15) is 0 Å². The van der Waals surface area contributed by atoms with Gasteiger partial charge in [-0.3, -0.25) is 9.59 Å². The first-order chi connectivity index (χ1) is 12.9. The number of pyridine rings is 1. The first kappa shape index (κ1) is 19.6. The number of aromatic nitrogens is 1. The highest BCUT2D eigenvalue weighted by Gasteiger charge is 2.27. The third-order valence-corrected chi connectivity index (χ3v) is 4.91. The maximum Gasteiger partial charge on any atom is 0.270 e. The van der Waals surface area contributed by atoms with Crippen LogP contribution in [-0.2, 0) is 9.53 Å². The molecule has 3 N–H and O–H groups in total. The largest absolute Gasteiger partial charge is 0.477 e. The van der Waals surface area contributed by atoms with Crippen LogP contribution in [0.2, 0.25) is 0 Å². The minimum absolute atomic E-state index is 0.0388. The van der Waals surface area contributed by atoms with Gasteiger partial charge < -0.3 is 20.5 Å². The van der Waals surface area contributed by atoms with Crippen molar-refractivity contribution in [2.24, 2.45) is 17.6 Å². The maximum absolute atomic E-state index is 12.6. The van der Waals surface area contributed by atoms with Crippen molar-refractivity contribution in [3.05, 3.63) is 23.4 Å². The predicted octanol–water partition coefficient (Wildman–Crippen LogP) is 2.35. The first-order valence-corrected chi connectivity index (χ1v) is 9.79. The van der Waals surface area contributed by atoms with E-state index in [1.807, 2.05) is 19.9 Å². The summed E-state index contributed by atoms with van der Waals surface area (Å²) in [6, 6.07) is 2.79. The lowest BCUT2D eigenvalue weighted by Gasteiger charge is -2.19. The van der Waals surface area contributed by atoms with E-state index in [0.29, 0.717) is 24.8 Å². The molecule has 3 rings (SSSR count). The van der Waals surface area contributed by atoms with E-state index < -0.39 is 17.9 Å². The lowest BCUT2D eigenvalue weighted by atomic mass is 10.0. The van der Waals surface area contributed by atoms with Gasteiger partial charge in [0.15, 0.2) is 0 Å². The fourth-order valence-electron chi connectivity index (χ4n) is 3.19. The van der Waals surface area contributed by atoms with E-state index in [9.17, 15) is 9.59 Å². The average molecular weight is 375 g/mol. The van der Waals surface area contributed by atoms with Gasteiger partial charge in [0, 0.05) is 12.2 Å². The summed E-state index contributed by atoms with van der Waals surface area (Å²) in [4.78, 5) is 28.7. The van der Waals surface area contributed by atoms with Crippen molar-refractivity contribution >= 4 is 11.8 Å². The van der Waals surface area contributed by atoms with Crippen molar-refractivity contribution in [1.29, 1.82) is 0 Å². The molecule has 1 saturated heterocycles. The predicted molar refractivity (Wildman–Crippen MR) is 100 cm³/mol. The second-order valence-corrected chi connectivity index (χ2v) is 7.90. The van der Waals surface area contributed by atoms with Crippen LogP contribution in [0.5, 0.6) is 5.88 Å². The Labute approximate surface area is 160 Å². The van der Waals surface area contributed by atoms with Gasteiger partial charge in [-0.05, 0) is 56.1 Å². The number of carbonyl (C=O) groups excluding carboxylic acids is 2. The molecule has 0 aromatic carbocycles. The molecule has 2 unspecified atom stereocenters. The van der Waals surface area contributed by atoms with Crippen molar-refractivity contribution in [3.8, 4) is 5.88 Å². The Morgan fingerprint density at radius 2 is 2.11 bits per heavy atom. The van der Waals surface area contributed by atoms with E-state index in [4.69, 9.17) is 15.2 Å². The van der Waals surface area contributed by atoms with Gasteiger partial charge >= 0.3 is 0 Å². The van der Waals surface area contributed by atoms with Crippen LogP contribution in [0, 0.1) is 11.8 Å². The first-order valence-electron chi connectivity index (χ1n) is 9.79. The average Bonchev–Trinajstić information content (AvgIpc) is 3.30. The molecular weight excluding hydrogens is 346 g/mol. The molecule has 0 radical (unpaired) electrons. The SMILES string of the molecule is CC(C)CC(NC(=O)c1ccc(C2CCCO2)c(OCC2CC2)n1)C(N)=O. The summed E-state index contributed by atoms with van der Waals surface area (Å²) in [5, 5.41) is 2.69. The van der Waals surface area contributed by atoms with Gasteiger partial charge in [0.2, 0.25) is 11.8 Å². The summed E-state index contributed by atoms with van der Waals surface area (Å²) < 4.78 is 11.7. The summed E-state index contributed by atoms with van der Waals surface area (Å²) in [5.74, 6) is 0.302. The smallest absolute Gasteiger partial charge is 0.270 e. The number of nitrogens with one attached hydrogen (secondary N) is 1. The Morgan fingerprint density at radius 3 is 2.70 bits per heavy atom. The highest BCUT2D eigenvalue weighted by atomic mass is 16.5. The minimum atomic E-state index is -0.715. The van der Waals surface area contributed by atoms with Crippen molar-refractivity contribution in [2.75, 3.05) is 13.2 Å². The molecule has 27 heavy (non-hydrogen) atoms. The zero-order valence-electron chi connectivity index (χ0n) is 16.1. The van der Waals surface area contributed by atoms with E-state index in [0.717, 1.165) is 25.0 Å². The fourth-order valence-corrected chi connectivity index (χ4v) is 3.19. The van der Waals surface area contributed by atoms with E-state index in [-0.39, 0.29) is 17.7 Å². The molecule has 1 saturated carbocycles. The third-order valence-electron chi connectivity index (χ3n) is 4.91. The van der Waals surface area contributed by atoms with Gasteiger partial charge in [-0.1, -0.05) is 13.8 Å². The molecule has 7 heteroatoms. The number of rotatable bonds is 9. The van der Waals surface area contributed by atoms with Crippen molar-refractivity contribution in [3.63, 3.8) is 0 Å². The Bertz CT molecular complexity index is 682. The van der Waals surface area contributed by atoms with E-state index in [1.54, 1.807) is 6.07 Å². The van der Waals surface area contributed by atoms with Gasteiger partial charge in [-0.15, -0.1) is 0 Å². The molecular formula is C20H29N3O4. The molecule has 2 heterocycles. The highest BCUT2D eigenvalue weighted by molar-refractivity contribution is 5.96.